The van der Waals surface area contributed by atoms with E-state index in [2.05, 4.69) is 5.32 Å². The molecule has 0 radical (unpaired) electrons. The van der Waals surface area contributed by atoms with Gasteiger partial charge in [0, 0.05) is 29.4 Å². The predicted octanol–water partition coefficient (Wildman–Crippen LogP) is 6.45. The van der Waals surface area contributed by atoms with Gasteiger partial charge in [-0.25, -0.2) is 0 Å². The summed E-state index contributed by atoms with van der Waals surface area (Å²) < 4.78 is 0. The fraction of sp³-hybridized carbons (Fsp3) is 0.710. The zero-order valence-corrected chi connectivity index (χ0v) is 23.7. The Bertz CT molecular complexity index is 960. The second-order valence-electron chi connectivity index (χ2n) is 12.1. The molecule has 1 aliphatic heterocycles. The molecule has 2 aliphatic carbocycles. The molecule has 37 heavy (non-hydrogen) atoms. The van der Waals surface area contributed by atoms with E-state index in [1.807, 2.05) is 49.9 Å². The van der Waals surface area contributed by atoms with Gasteiger partial charge in [-0.15, -0.1) is 11.6 Å². The molecule has 6 heteroatoms. The lowest BCUT2D eigenvalue weighted by molar-refractivity contribution is -0.166. The summed E-state index contributed by atoms with van der Waals surface area (Å²) in [6.07, 6.45) is 12.7. The summed E-state index contributed by atoms with van der Waals surface area (Å²) in [5.41, 5.74) is 0.816. The van der Waals surface area contributed by atoms with E-state index in [1.54, 1.807) is 0 Å². The maximum absolute atomic E-state index is 14.0. The number of likely N-dealkylation sites (tertiary alicyclic amines) is 1. The Morgan fingerprint density at radius 3 is 2.19 bits per heavy atom. The van der Waals surface area contributed by atoms with Crippen LogP contribution in [0.2, 0.25) is 0 Å². The number of rotatable bonds is 8. The first-order chi connectivity index (χ1) is 17.7. The Labute approximate surface area is 228 Å². The van der Waals surface area contributed by atoms with Gasteiger partial charge >= 0.3 is 0 Å². The summed E-state index contributed by atoms with van der Waals surface area (Å²) in [7, 11) is 0. The Hall–Kier alpha value is -1.72. The maximum atomic E-state index is 14.0. The van der Waals surface area contributed by atoms with Gasteiger partial charge in [0.25, 0.3) is 0 Å². The smallest absolute Gasteiger partial charge is 0.228 e. The van der Waals surface area contributed by atoms with Gasteiger partial charge in [0.2, 0.25) is 5.91 Å². The molecule has 3 aliphatic rings. The van der Waals surface area contributed by atoms with Crippen LogP contribution in [0.1, 0.15) is 114 Å². The molecular formula is C31H45ClN2O3. The van der Waals surface area contributed by atoms with Crippen LogP contribution in [-0.2, 0) is 15.5 Å². The zero-order chi connectivity index (χ0) is 26.6. The van der Waals surface area contributed by atoms with Gasteiger partial charge in [0.1, 0.15) is 0 Å². The third-order valence-corrected chi connectivity index (χ3v) is 9.41. The minimum absolute atomic E-state index is 0.0187. The van der Waals surface area contributed by atoms with Crippen LogP contribution in [0.15, 0.2) is 24.3 Å². The second kappa shape index (κ2) is 12.4. The fourth-order valence-corrected chi connectivity index (χ4v) is 7.09. The van der Waals surface area contributed by atoms with Crippen LogP contribution < -0.4 is 5.32 Å². The number of halogens is 1. The van der Waals surface area contributed by atoms with Crippen LogP contribution in [0.3, 0.4) is 0 Å². The van der Waals surface area contributed by atoms with E-state index in [0.29, 0.717) is 11.4 Å². The topological polar surface area (TPSA) is 66.5 Å². The van der Waals surface area contributed by atoms with Gasteiger partial charge in [-0.1, -0.05) is 75.6 Å². The van der Waals surface area contributed by atoms with E-state index in [9.17, 15) is 14.4 Å². The molecular weight excluding hydrogens is 484 g/mol. The maximum Gasteiger partial charge on any atom is 0.228 e. The number of carbonyl (C=O) groups is 3. The molecule has 0 aromatic heterocycles. The zero-order valence-electron chi connectivity index (χ0n) is 22.9. The Kier molecular flexibility index (Phi) is 9.50. The minimum atomic E-state index is -0.814. The van der Waals surface area contributed by atoms with Crippen molar-refractivity contribution in [1.29, 1.82) is 0 Å². The highest BCUT2D eigenvalue weighted by atomic mass is 35.5. The minimum Gasteiger partial charge on any atom is -0.329 e. The molecule has 1 aromatic carbocycles. The lowest BCUT2D eigenvalue weighted by atomic mass is 9.75. The van der Waals surface area contributed by atoms with Crippen molar-refractivity contribution in [3.05, 3.63) is 35.4 Å². The third-order valence-electron chi connectivity index (χ3n) is 9.10. The molecule has 4 rings (SSSR count). The number of nitrogens with one attached hydrogen (secondary N) is 1. The van der Waals surface area contributed by atoms with Crippen LogP contribution in [0.25, 0.3) is 0 Å². The Balaban J connectivity index is 1.50. The van der Waals surface area contributed by atoms with Crippen LogP contribution in [0.4, 0.5) is 0 Å². The molecule has 1 amide bonds. The first-order valence-corrected chi connectivity index (χ1v) is 15.1. The molecule has 0 bridgehead atoms. The van der Waals surface area contributed by atoms with Gasteiger partial charge < -0.3 is 10.2 Å². The van der Waals surface area contributed by atoms with E-state index in [4.69, 9.17) is 11.6 Å². The number of alkyl halides is 1. The number of amides is 1. The number of hydrogen-bond donors (Lipinski definition) is 1. The summed E-state index contributed by atoms with van der Waals surface area (Å²) >= 11 is 5.92. The molecule has 1 N–H and O–H groups in total. The van der Waals surface area contributed by atoms with E-state index in [0.717, 1.165) is 69.8 Å². The summed E-state index contributed by atoms with van der Waals surface area (Å²) in [6.45, 7) is 5.79. The number of nitrogens with zero attached hydrogens (tertiary/aromatic N) is 1. The molecule has 1 heterocycles. The SMILES string of the molecule is CC(C(=O)[C@@H]1CCCCCC[C@@H]1NC(C)(C)C(=O)c1ccc(CCl)cc1)N1C(=O)[C@@H]2CCCCCC[C@@H]21. The predicted molar refractivity (Wildman–Crippen MR) is 149 cm³/mol. The molecule has 1 unspecified atom stereocenters. The Morgan fingerprint density at radius 2 is 1.54 bits per heavy atom. The monoisotopic (exact) mass is 528 g/mol. The van der Waals surface area contributed by atoms with Gasteiger partial charge in [-0.3, -0.25) is 14.4 Å². The van der Waals surface area contributed by atoms with Gasteiger partial charge in [-0.2, -0.15) is 0 Å². The van der Waals surface area contributed by atoms with E-state index < -0.39 is 11.6 Å². The van der Waals surface area contributed by atoms with Crippen LogP contribution in [0, 0.1) is 11.8 Å². The number of hydrogen-bond acceptors (Lipinski definition) is 4. The highest BCUT2D eigenvalue weighted by Gasteiger charge is 2.51. The van der Waals surface area contributed by atoms with Crippen molar-refractivity contribution in [3.8, 4) is 0 Å². The second-order valence-corrected chi connectivity index (χ2v) is 12.4. The number of carbonyl (C=O) groups excluding carboxylic acids is 3. The van der Waals surface area contributed by atoms with E-state index >= 15 is 0 Å². The quantitative estimate of drug-likeness (QED) is 0.239. The molecule has 0 spiro atoms. The molecule has 1 aromatic rings. The highest BCUT2D eigenvalue weighted by molar-refractivity contribution is 6.17. The molecule has 204 valence electrons. The molecule has 3 fully saturated rings. The number of fused-ring (bicyclic) bond motifs is 1. The van der Waals surface area contributed by atoms with Gasteiger partial charge in [0.15, 0.2) is 11.6 Å². The van der Waals surface area contributed by atoms with Gasteiger partial charge in [-0.05, 0) is 52.0 Å². The summed E-state index contributed by atoms with van der Waals surface area (Å²) in [4.78, 5) is 42.6. The van der Waals surface area contributed by atoms with Crippen molar-refractivity contribution in [3.63, 3.8) is 0 Å². The van der Waals surface area contributed by atoms with Crippen molar-refractivity contribution in [2.45, 2.75) is 127 Å². The summed E-state index contributed by atoms with van der Waals surface area (Å²) in [6, 6.07) is 7.21. The number of ketones is 2. The first kappa shape index (κ1) is 28.3. The van der Waals surface area contributed by atoms with E-state index in [1.165, 1.54) is 12.8 Å². The summed E-state index contributed by atoms with van der Waals surface area (Å²) in [5.74, 6) is 0.707. The van der Waals surface area contributed by atoms with Crippen LogP contribution in [0.5, 0.6) is 0 Å². The number of β-lactam (4-membered cyclic amide) rings is 1. The van der Waals surface area contributed by atoms with E-state index in [-0.39, 0.29) is 41.4 Å². The molecule has 2 saturated carbocycles. The van der Waals surface area contributed by atoms with Crippen molar-refractivity contribution in [1.82, 2.24) is 10.2 Å². The van der Waals surface area contributed by atoms with Crippen molar-refractivity contribution in [2.24, 2.45) is 11.8 Å². The average Bonchev–Trinajstić information content (AvgIpc) is 2.86. The highest BCUT2D eigenvalue weighted by Crippen LogP contribution is 2.39. The van der Waals surface area contributed by atoms with Crippen LogP contribution >= 0.6 is 11.6 Å². The van der Waals surface area contributed by atoms with Crippen molar-refractivity contribution < 1.29 is 14.4 Å². The fourth-order valence-electron chi connectivity index (χ4n) is 6.92. The number of benzene rings is 1. The van der Waals surface area contributed by atoms with Crippen LogP contribution in [-0.4, -0.2) is 46.0 Å². The molecule has 1 saturated heterocycles. The Morgan fingerprint density at radius 1 is 0.946 bits per heavy atom. The lowest BCUT2D eigenvalue weighted by Crippen LogP contribution is -2.66. The largest absolute Gasteiger partial charge is 0.329 e. The standard InChI is InChI=1S/C31H45ClN2O3/c1-21(34-27-15-11-7-5-9-13-25(27)30(34)37)28(35)24-12-8-4-6-10-14-26(24)33-31(2,3)29(36)23-18-16-22(20-32)17-19-23/h16-19,21,24-27,33H,4-15,20H2,1-3H3/t21?,24-,25-,26+,27+/m1/s1. The van der Waals surface area contributed by atoms with Crippen molar-refractivity contribution >= 4 is 29.1 Å². The third kappa shape index (κ3) is 6.30. The molecule has 5 atom stereocenters. The van der Waals surface area contributed by atoms with Crippen molar-refractivity contribution in [2.75, 3.05) is 0 Å². The normalized spacial score (nSPS) is 28.1. The number of Topliss-reactive ketones (excluding diaryl/α,β-unsaturated/α-hetero) is 2. The lowest BCUT2D eigenvalue weighted by Gasteiger charge is -2.51. The molecule has 5 nitrogen and oxygen atoms in total. The van der Waals surface area contributed by atoms with Gasteiger partial charge in [0.05, 0.1) is 17.5 Å². The average molecular weight is 529 g/mol. The summed E-state index contributed by atoms with van der Waals surface area (Å²) in [5, 5.41) is 3.64. The first-order valence-electron chi connectivity index (χ1n) is 14.6.